The predicted molar refractivity (Wildman–Crippen MR) is 127 cm³/mol. The summed E-state index contributed by atoms with van der Waals surface area (Å²) >= 11 is 0. The smallest absolute Gasteiger partial charge is 0.194 e. The summed E-state index contributed by atoms with van der Waals surface area (Å²) in [5.74, 6) is 0.800. The van der Waals surface area contributed by atoms with Gasteiger partial charge in [0.1, 0.15) is 0 Å². The van der Waals surface area contributed by atoms with Gasteiger partial charge >= 0.3 is 0 Å². The molecule has 0 saturated carbocycles. The number of aryl methyl sites for hydroxylation is 1. The quantitative estimate of drug-likeness (QED) is 0.337. The fourth-order valence-electron chi connectivity index (χ4n) is 3.63. The Labute approximate surface area is 190 Å². The van der Waals surface area contributed by atoms with Gasteiger partial charge in [-0.3, -0.25) is 14.6 Å². The van der Waals surface area contributed by atoms with Gasteiger partial charge in [-0.2, -0.15) is 5.10 Å². The zero-order valence-corrected chi connectivity index (χ0v) is 19.9. The molecule has 3 rings (SSSR count). The molecular weight excluding hydrogens is 479 g/mol. The van der Waals surface area contributed by atoms with Crippen molar-refractivity contribution in [2.75, 3.05) is 33.2 Å². The van der Waals surface area contributed by atoms with Gasteiger partial charge in [-0.15, -0.1) is 24.0 Å². The number of fused-ring (bicyclic) bond motifs is 1. The molecule has 7 nitrogen and oxygen atoms in total. The lowest BCUT2D eigenvalue weighted by Gasteiger charge is -2.30. The first kappa shape index (κ1) is 23.6. The second-order valence-corrected chi connectivity index (χ2v) is 7.48. The number of nitrogens with zero attached hydrogens (tertiary/aromatic N) is 5. The van der Waals surface area contributed by atoms with E-state index in [1.165, 1.54) is 11.1 Å². The second kappa shape index (κ2) is 11.5. The molecule has 0 spiro atoms. The molecule has 1 aliphatic heterocycles. The number of aliphatic hydroxyl groups is 1. The molecular formula is C21H33IN6O. The summed E-state index contributed by atoms with van der Waals surface area (Å²) in [6, 6.07) is 8.57. The van der Waals surface area contributed by atoms with Crippen LogP contribution < -0.4 is 5.32 Å². The van der Waals surface area contributed by atoms with E-state index in [0.29, 0.717) is 13.1 Å². The molecule has 0 saturated heterocycles. The van der Waals surface area contributed by atoms with E-state index < -0.39 is 6.10 Å². The van der Waals surface area contributed by atoms with E-state index in [2.05, 4.69) is 56.4 Å². The summed E-state index contributed by atoms with van der Waals surface area (Å²) in [7, 11) is 3.92. The molecule has 2 aromatic rings. The molecule has 2 N–H and O–H groups in total. The lowest BCUT2D eigenvalue weighted by atomic mass is 10.00. The van der Waals surface area contributed by atoms with Crippen molar-refractivity contribution in [2.24, 2.45) is 12.0 Å². The van der Waals surface area contributed by atoms with Crippen molar-refractivity contribution < 1.29 is 5.11 Å². The number of nitrogens with one attached hydrogen (secondary N) is 1. The SMILES string of the molecule is CCNC(=NCC(O)CN1CCc2ccccc2C1)N(C)Cc1cnn(C)c1.I. The average molecular weight is 512 g/mol. The molecule has 0 fully saturated rings. The number of halogens is 1. The fourth-order valence-corrected chi connectivity index (χ4v) is 3.63. The lowest BCUT2D eigenvalue weighted by Crippen LogP contribution is -2.40. The van der Waals surface area contributed by atoms with Crippen LogP contribution in [0, 0.1) is 0 Å². The first-order valence-electron chi connectivity index (χ1n) is 9.99. The summed E-state index contributed by atoms with van der Waals surface area (Å²) in [6.07, 6.45) is 4.43. The zero-order valence-electron chi connectivity index (χ0n) is 17.6. The van der Waals surface area contributed by atoms with Crippen LogP contribution in [0.15, 0.2) is 41.7 Å². The highest BCUT2D eigenvalue weighted by Gasteiger charge is 2.18. The first-order valence-corrected chi connectivity index (χ1v) is 9.99. The van der Waals surface area contributed by atoms with Crippen LogP contribution in [-0.4, -0.2) is 70.0 Å². The number of aromatic nitrogens is 2. The lowest BCUT2D eigenvalue weighted by molar-refractivity contribution is 0.111. The van der Waals surface area contributed by atoms with Crippen LogP contribution >= 0.6 is 24.0 Å². The Morgan fingerprint density at radius 1 is 1.34 bits per heavy atom. The van der Waals surface area contributed by atoms with Crippen molar-refractivity contribution in [1.29, 1.82) is 0 Å². The molecule has 1 aromatic carbocycles. The van der Waals surface area contributed by atoms with Crippen molar-refractivity contribution >= 4 is 29.9 Å². The molecule has 0 amide bonds. The summed E-state index contributed by atoms with van der Waals surface area (Å²) in [6.45, 7) is 6.47. The van der Waals surface area contributed by atoms with E-state index in [-0.39, 0.29) is 24.0 Å². The molecule has 1 aromatic heterocycles. The summed E-state index contributed by atoms with van der Waals surface area (Å²) in [5, 5.41) is 18.1. The summed E-state index contributed by atoms with van der Waals surface area (Å²) < 4.78 is 1.80. The zero-order chi connectivity index (χ0) is 19.9. The van der Waals surface area contributed by atoms with E-state index in [1.54, 1.807) is 4.68 Å². The molecule has 8 heteroatoms. The van der Waals surface area contributed by atoms with Crippen LogP contribution in [0.5, 0.6) is 0 Å². The highest BCUT2D eigenvalue weighted by molar-refractivity contribution is 14.0. The van der Waals surface area contributed by atoms with Crippen LogP contribution in [0.25, 0.3) is 0 Å². The van der Waals surface area contributed by atoms with Crippen molar-refractivity contribution in [2.45, 2.75) is 32.5 Å². The largest absolute Gasteiger partial charge is 0.390 e. The summed E-state index contributed by atoms with van der Waals surface area (Å²) in [4.78, 5) is 9.03. The number of β-amino-alcohol motifs (C(OH)–C–C–N with tert-alkyl or cyclic N) is 1. The summed E-state index contributed by atoms with van der Waals surface area (Å²) in [5.41, 5.74) is 3.93. The normalized spacial score (nSPS) is 15.4. The van der Waals surface area contributed by atoms with Gasteiger partial charge in [-0.25, -0.2) is 0 Å². The number of hydrogen-bond acceptors (Lipinski definition) is 4. The van der Waals surface area contributed by atoms with Crippen LogP contribution in [0.4, 0.5) is 0 Å². The molecule has 1 aliphatic rings. The van der Waals surface area contributed by atoms with Crippen LogP contribution in [-0.2, 0) is 26.6 Å². The van der Waals surface area contributed by atoms with E-state index in [0.717, 1.165) is 44.1 Å². The molecule has 0 aliphatic carbocycles. The van der Waals surface area contributed by atoms with E-state index in [1.807, 2.05) is 26.5 Å². The Balaban J connectivity index is 0.00000300. The minimum absolute atomic E-state index is 0. The molecule has 160 valence electrons. The van der Waals surface area contributed by atoms with Gasteiger partial charge in [0.25, 0.3) is 0 Å². The molecule has 1 atom stereocenters. The number of hydrogen-bond donors (Lipinski definition) is 2. The molecule has 0 bridgehead atoms. The van der Waals surface area contributed by atoms with Gasteiger partial charge in [0, 0.05) is 58.6 Å². The maximum absolute atomic E-state index is 10.5. The van der Waals surface area contributed by atoms with Crippen molar-refractivity contribution in [1.82, 2.24) is 24.9 Å². The highest BCUT2D eigenvalue weighted by Crippen LogP contribution is 2.18. The van der Waals surface area contributed by atoms with Crippen LogP contribution in [0.3, 0.4) is 0 Å². The first-order chi connectivity index (χ1) is 13.5. The predicted octanol–water partition coefficient (Wildman–Crippen LogP) is 1.85. The minimum atomic E-state index is -0.481. The molecule has 1 unspecified atom stereocenters. The van der Waals surface area contributed by atoms with E-state index in [9.17, 15) is 5.11 Å². The Bertz CT molecular complexity index is 793. The third-order valence-corrected chi connectivity index (χ3v) is 5.01. The van der Waals surface area contributed by atoms with Crippen LogP contribution in [0.2, 0.25) is 0 Å². The van der Waals surface area contributed by atoms with Crippen molar-refractivity contribution in [3.8, 4) is 0 Å². The van der Waals surface area contributed by atoms with E-state index in [4.69, 9.17) is 0 Å². The average Bonchev–Trinajstić information content (AvgIpc) is 3.09. The van der Waals surface area contributed by atoms with Gasteiger partial charge in [-0.1, -0.05) is 24.3 Å². The number of rotatable bonds is 7. The van der Waals surface area contributed by atoms with Gasteiger partial charge in [-0.05, 0) is 24.5 Å². The fraction of sp³-hybridized carbons (Fsp3) is 0.524. The Morgan fingerprint density at radius 2 is 2.10 bits per heavy atom. The van der Waals surface area contributed by atoms with Gasteiger partial charge in [0.05, 0.1) is 18.8 Å². The Kier molecular flexibility index (Phi) is 9.38. The van der Waals surface area contributed by atoms with Crippen molar-refractivity contribution in [3.05, 3.63) is 53.3 Å². The number of guanidine groups is 1. The second-order valence-electron chi connectivity index (χ2n) is 7.48. The highest BCUT2D eigenvalue weighted by atomic mass is 127. The monoisotopic (exact) mass is 512 g/mol. The maximum atomic E-state index is 10.5. The van der Waals surface area contributed by atoms with E-state index >= 15 is 0 Å². The Morgan fingerprint density at radius 3 is 2.79 bits per heavy atom. The number of aliphatic hydroxyl groups excluding tert-OH is 1. The number of benzene rings is 1. The number of aliphatic imine (C=N–C) groups is 1. The topological polar surface area (TPSA) is 68.9 Å². The maximum Gasteiger partial charge on any atom is 0.194 e. The third kappa shape index (κ3) is 6.97. The molecule has 2 heterocycles. The van der Waals surface area contributed by atoms with Gasteiger partial charge in [0.2, 0.25) is 0 Å². The van der Waals surface area contributed by atoms with Gasteiger partial charge < -0.3 is 15.3 Å². The van der Waals surface area contributed by atoms with Gasteiger partial charge in [0.15, 0.2) is 5.96 Å². The Hall–Kier alpha value is -1.65. The molecule has 0 radical (unpaired) electrons. The standard InChI is InChI=1S/C21H32N6O.HI/c1-4-22-21(25(2)13-17-11-24-26(3)14-17)23-12-20(28)16-27-10-9-18-7-5-6-8-19(18)15-27;/h5-8,11,14,20,28H,4,9-10,12-13,15-16H2,1-3H3,(H,22,23);1H. The van der Waals surface area contributed by atoms with Crippen molar-refractivity contribution in [3.63, 3.8) is 0 Å². The molecule has 29 heavy (non-hydrogen) atoms. The van der Waals surface area contributed by atoms with Crippen LogP contribution in [0.1, 0.15) is 23.6 Å². The minimum Gasteiger partial charge on any atom is -0.390 e. The third-order valence-electron chi connectivity index (χ3n) is 5.01.